The fourth-order valence-corrected chi connectivity index (χ4v) is 3.61. The maximum Gasteiger partial charge on any atom is 0.0538 e. The van der Waals surface area contributed by atoms with Crippen LogP contribution in [0.3, 0.4) is 0 Å². The zero-order valence-corrected chi connectivity index (χ0v) is 13.0. The van der Waals surface area contributed by atoms with Gasteiger partial charge in [0.2, 0.25) is 0 Å². The van der Waals surface area contributed by atoms with Gasteiger partial charge in [-0.05, 0) is 31.1 Å². The molecule has 1 saturated carbocycles. The summed E-state index contributed by atoms with van der Waals surface area (Å²) in [6, 6.07) is 0.267. The molecule has 1 aromatic heterocycles. The van der Waals surface area contributed by atoms with E-state index in [0.29, 0.717) is 5.92 Å². The molecule has 1 heterocycles. The van der Waals surface area contributed by atoms with E-state index in [2.05, 4.69) is 30.6 Å². The summed E-state index contributed by atoms with van der Waals surface area (Å²) in [6.45, 7) is 5.45. The van der Waals surface area contributed by atoms with Gasteiger partial charge in [0, 0.05) is 18.3 Å². The van der Waals surface area contributed by atoms with Gasteiger partial charge in [-0.25, -0.2) is 0 Å². The molecule has 1 aliphatic rings. The average molecular weight is 278 g/mol. The number of hydrogen-bond acceptors (Lipinski definition) is 3. The van der Waals surface area contributed by atoms with Crippen LogP contribution in [0, 0.1) is 11.8 Å². The molecule has 20 heavy (non-hydrogen) atoms. The summed E-state index contributed by atoms with van der Waals surface area (Å²) in [6.07, 6.45) is 13.3. The molecule has 114 valence electrons. The largest absolute Gasteiger partial charge is 0.272 e. The zero-order chi connectivity index (χ0) is 14.4. The molecule has 0 aromatic carbocycles. The molecule has 4 nitrogen and oxygen atoms in total. The Hall–Kier alpha value is -0.870. The van der Waals surface area contributed by atoms with Crippen molar-refractivity contribution >= 4 is 0 Å². The number of hydrazine groups is 1. The smallest absolute Gasteiger partial charge is 0.0538 e. The van der Waals surface area contributed by atoms with Crippen molar-refractivity contribution in [1.29, 1.82) is 0 Å². The second-order valence-electron chi connectivity index (χ2n) is 6.25. The molecular formula is C16H30N4. The van der Waals surface area contributed by atoms with Crippen LogP contribution < -0.4 is 11.3 Å². The van der Waals surface area contributed by atoms with Gasteiger partial charge in [-0.1, -0.05) is 39.5 Å². The van der Waals surface area contributed by atoms with Crippen LogP contribution in [0.4, 0.5) is 0 Å². The van der Waals surface area contributed by atoms with Gasteiger partial charge in [0.25, 0.3) is 0 Å². The van der Waals surface area contributed by atoms with E-state index in [0.717, 1.165) is 18.9 Å². The van der Waals surface area contributed by atoms with Crippen LogP contribution in [0.5, 0.6) is 0 Å². The van der Waals surface area contributed by atoms with E-state index < -0.39 is 0 Å². The highest BCUT2D eigenvalue weighted by atomic mass is 15.3. The van der Waals surface area contributed by atoms with Crippen molar-refractivity contribution in [2.45, 2.75) is 71.4 Å². The lowest BCUT2D eigenvalue weighted by Gasteiger charge is -2.33. The molecule has 0 bridgehead atoms. The van der Waals surface area contributed by atoms with Crippen molar-refractivity contribution < 1.29 is 0 Å². The van der Waals surface area contributed by atoms with Crippen molar-refractivity contribution in [3.05, 3.63) is 18.0 Å². The molecule has 1 aromatic rings. The van der Waals surface area contributed by atoms with Crippen molar-refractivity contribution in [3.63, 3.8) is 0 Å². The molecule has 1 fully saturated rings. The van der Waals surface area contributed by atoms with E-state index in [-0.39, 0.29) is 6.04 Å². The molecule has 0 amide bonds. The number of aromatic nitrogens is 2. The molecule has 2 rings (SSSR count). The molecule has 0 saturated heterocycles. The van der Waals surface area contributed by atoms with Gasteiger partial charge < -0.3 is 0 Å². The lowest BCUT2D eigenvalue weighted by molar-refractivity contribution is 0.215. The molecule has 0 radical (unpaired) electrons. The standard InChI is InChI=1S/C16H30N4/c1-3-5-13-6-8-14(9-7-13)16(19-17)15-11-18-20(12-15)10-4-2/h11-14,16,19H,3-10,17H2,1-2H3. The van der Waals surface area contributed by atoms with Gasteiger partial charge in [0.05, 0.1) is 12.2 Å². The Balaban J connectivity index is 1.94. The number of rotatable bonds is 7. The second-order valence-corrected chi connectivity index (χ2v) is 6.25. The highest BCUT2D eigenvalue weighted by Crippen LogP contribution is 2.37. The third-order valence-electron chi connectivity index (χ3n) is 4.70. The van der Waals surface area contributed by atoms with Gasteiger partial charge in [0.15, 0.2) is 0 Å². The van der Waals surface area contributed by atoms with E-state index >= 15 is 0 Å². The summed E-state index contributed by atoms with van der Waals surface area (Å²) in [7, 11) is 0. The minimum atomic E-state index is 0.267. The van der Waals surface area contributed by atoms with Crippen LogP contribution in [0.2, 0.25) is 0 Å². The Morgan fingerprint density at radius 3 is 2.65 bits per heavy atom. The maximum absolute atomic E-state index is 5.83. The number of aryl methyl sites for hydroxylation is 1. The first-order valence-corrected chi connectivity index (χ1v) is 8.26. The Bertz CT molecular complexity index is 380. The third kappa shape index (κ3) is 3.83. The first-order valence-electron chi connectivity index (χ1n) is 8.26. The molecule has 1 atom stereocenters. The fraction of sp³-hybridized carbons (Fsp3) is 0.812. The predicted molar refractivity (Wildman–Crippen MR) is 82.9 cm³/mol. The average Bonchev–Trinajstić information content (AvgIpc) is 2.91. The molecule has 3 N–H and O–H groups in total. The van der Waals surface area contributed by atoms with Gasteiger partial charge >= 0.3 is 0 Å². The van der Waals surface area contributed by atoms with Crippen molar-refractivity contribution in [1.82, 2.24) is 15.2 Å². The summed E-state index contributed by atoms with van der Waals surface area (Å²) >= 11 is 0. The van der Waals surface area contributed by atoms with E-state index in [1.54, 1.807) is 0 Å². The van der Waals surface area contributed by atoms with Crippen LogP contribution >= 0.6 is 0 Å². The van der Waals surface area contributed by atoms with E-state index in [1.165, 1.54) is 44.1 Å². The van der Waals surface area contributed by atoms with Gasteiger partial charge in [-0.3, -0.25) is 16.0 Å². The van der Waals surface area contributed by atoms with Crippen LogP contribution in [0.15, 0.2) is 12.4 Å². The quantitative estimate of drug-likeness (QED) is 0.593. The SMILES string of the molecule is CCCC1CCC(C(NN)c2cnn(CCC)c2)CC1. The highest BCUT2D eigenvalue weighted by molar-refractivity contribution is 5.12. The molecule has 4 heteroatoms. The predicted octanol–water partition coefficient (Wildman–Crippen LogP) is 3.40. The highest BCUT2D eigenvalue weighted by Gasteiger charge is 2.28. The van der Waals surface area contributed by atoms with Crippen molar-refractivity contribution in [2.24, 2.45) is 17.7 Å². The number of hydrogen-bond donors (Lipinski definition) is 2. The Morgan fingerprint density at radius 1 is 1.30 bits per heavy atom. The lowest BCUT2D eigenvalue weighted by Crippen LogP contribution is -2.35. The molecule has 1 aliphatic carbocycles. The normalized spacial score (nSPS) is 24.8. The summed E-state index contributed by atoms with van der Waals surface area (Å²) in [5, 5.41) is 4.44. The lowest BCUT2D eigenvalue weighted by atomic mass is 9.76. The summed E-state index contributed by atoms with van der Waals surface area (Å²) < 4.78 is 2.03. The van der Waals surface area contributed by atoms with Crippen LogP contribution in [0.1, 0.15) is 70.4 Å². The summed E-state index contributed by atoms with van der Waals surface area (Å²) in [5.74, 6) is 7.43. The Kier molecular flexibility index (Phi) is 6.05. The minimum absolute atomic E-state index is 0.267. The van der Waals surface area contributed by atoms with E-state index in [9.17, 15) is 0 Å². The molecule has 0 spiro atoms. The van der Waals surface area contributed by atoms with Gasteiger partial charge in [-0.2, -0.15) is 5.10 Å². The fourth-order valence-electron chi connectivity index (χ4n) is 3.61. The molecule has 1 unspecified atom stereocenters. The van der Waals surface area contributed by atoms with Crippen LogP contribution in [0.25, 0.3) is 0 Å². The Labute approximate surface area is 123 Å². The molecular weight excluding hydrogens is 248 g/mol. The first-order chi connectivity index (χ1) is 9.78. The summed E-state index contributed by atoms with van der Waals surface area (Å²) in [5.41, 5.74) is 4.29. The number of nitrogens with zero attached hydrogens (tertiary/aromatic N) is 2. The number of nitrogens with one attached hydrogen (secondary N) is 1. The first kappa shape index (κ1) is 15.5. The summed E-state index contributed by atoms with van der Waals surface area (Å²) in [4.78, 5) is 0. The third-order valence-corrected chi connectivity index (χ3v) is 4.70. The number of nitrogens with two attached hydrogens (primary N) is 1. The monoisotopic (exact) mass is 278 g/mol. The minimum Gasteiger partial charge on any atom is -0.272 e. The maximum atomic E-state index is 5.83. The topological polar surface area (TPSA) is 55.9 Å². The van der Waals surface area contributed by atoms with Gasteiger partial charge in [-0.15, -0.1) is 0 Å². The second kappa shape index (κ2) is 7.79. The van der Waals surface area contributed by atoms with E-state index in [4.69, 9.17) is 5.84 Å². The van der Waals surface area contributed by atoms with Crippen molar-refractivity contribution in [2.75, 3.05) is 0 Å². The Morgan fingerprint density at radius 2 is 2.05 bits per heavy atom. The zero-order valence-electron chi connectivity index (χ0n) is 13.0. The van der Waals surface area contributed by atoms with Crippen LogP contribution in [-0.4, -0.2) is 9.78 Å². The van der Waals surface area contributed by atoms with Crippen molar-refractivity contribution in [3.8, 4) is 0 Å². The molecule has 0 aliphatic heterocycles. The van der Waals surface area contributed by atoms with Crippen LogP contribution in [-0.2, 0) is 6.54 Å². The van der Waals surface area contributed by atoms with Gasteiger partial charge in [0.1, 0.15) is 0 Å². The van der Waals surface area contributed by atoms with E-state index in [1.807, 2.05) is 10.9 Å².